The third-order valence-electron chi connectivity index (χ3n) is 3.15. The fourth-order valence-electron chi connectivity index (χ4n) is 2.24. The third-order valence-corrected chi connectivity index (χ3v) is 3.15. The van der Waals surface area contributed by atoms with Crippen molar-refractivity contribution in [1.29, 1.82) is 0 Å². The van der Waals surface area contributed by atoms with Crippen molar-refractivity contribution < 1.29 is 4.79 Å². The van der Waals surface area contributed by atoms with Crippen molar-refractivity contribution in [2.45, 2.75) is 6.92 Å². The van der Waals surface area contributed by atoms with E-state index in [9.17, 15) is 4.79 Å². The van der Waals surface area contributed by atoms with Gasteiger partial charge in [0.1, 0.15) is 0 Å². The summed E-state index contributed by atoms with van der Waals surface area (Å²) < 4.78 is 1.72. The highest BCUT2D eigenvalue weighted by molar-refractivity contribution is 6.02. The van der Waals surface area contributed by atoms with Crippen LogP contribution in [-0.2, 0) is 0 Å². The van der Waals surface area contributed by atoms with E-state index in [4.69, 9.17) is 0 Å². The van der Waals surface area contributed by atoms with Crippen molar-refractivity contribution in [2.24, 2.45) is 0 Å². The molecule has 0 saturated carbocycles. The van der Waals surface area contributed by atoms with Gasteiger partial charge in [0.2, 0.25) is 0 Å². The first-order chi connectivity index (χ1) is 8.77. The minimum Gasteiger partial charge on any atom is -0.283 e. The molecule has 0 fully saturated rings. The standard InChI is InChI=1S/C16H13NO/c1-12-11-17(15-10-6-5-9-14(12)15)16(18)13-7-3-2-4-8-13/h2-11H,1H3. The first-order valence-electron chi connectivity index (χ1n) is 5.94. The lowest BCUT2D eigenvalue weighted by molar-refractivity contribution is 0.0965. The van der Waals surface area contributed by atoms with Gasteiger partial charge in [-0.05, 0) is 30.7 Å². The minimum absolute atomic E-state index is 0.0138. The summed E-state index contributed by atoms with van der Waals surface area (Å²) in [5, 5.41) is 1.13. The van der Waals surface area contributed by atoms with E-state index in [1.54, 1.807) is 4.57 Å². The number of para-hydroxylation sites is 1. The molecule has 0 saturated heterocycles. The summed E-state index contributed by atoms with van der Waals surface area (Å²) in [6.07, 6.45) is 1.90. The Morgan fingerprint density at radius 3 is 2.39 bits per heavy atom. The zero-order valence-electron chi connectivity index (χ0n) is 10.1. The number of rotatable bonds is 1. The van der Waals surface area contributed by atoms with Crippen LogP contribution in [0.1, 0.15) is 15.9 Å². The van der Waals surface area contributed by atoms with Gasteiger partial charge in [-0.3, -0.25) is 9.36 Å². The van der Waals surface area contributed by atoms with E-state index in [2.05, 4.69) is 0 Å². The van der Waals surface area contributed by atoms with Gasteiger partial charge in [-0.15, -0.1) is 0 Å². The lowest BCUT2D eigenvalue weighted by atomic mass is 10.2. The number of hydrogen-bond donors (Lipinski definition) is 0. The molecule has 2 aromatic carbocycles. The van der Waals surface area contributed by atoms with E-state index in [1.165, 1.54) is 0 Å². The van der Waals surface area contributed by atoms with Gasteiger partial charge in [0.05, 0.1) is 5.52 Å². The zero-order chi connectivity index (χ0) is 12.5. The van der Waals surface area contributed by atoms with Gasteiger partial charge >= 0.3 is 0 Å². The smallest absolute Gasteiger partial charge is 0.262 e. The Morgan fingerprint density at radius 1 is 0.944 bits per heavy atom. The van der Waals surface area contributed by atoms with Gasteiger partial charge in [0.25, 0.3) is 5.91 Å². The normalized spacial score (nSPS) is 10.7. The zero-order valence-corrected chi connectivity index (χ0v) is 10.1. The van der Waals surface area contributed by atoms with Crippen molar-refractivity contribution in [3.05, 3.63) is 71.9 Å². The lowest BCUT2D eigenvalue weighted by Gasteiger charge is -2.03. The summed E-state index contributed by atoms with van der Waals surface area (Å²) >= 11 is 0. The average Bonchev–Trinajstić information content (AvgIpc) is 2.77. The Labute approximate surface area is 105 Å². The Balaban J connectivity index is 2.19. The summed E-state index contributed by atoms with van der Waals surface area (Å²) in [6, 6.07) is 17.3. The van der Waals surface area contributed by atoms with Crippen LogP contribution in [0.5, 0.6) is 0 Å². The largest absolute Gasteiger partial charge is 0.283 e. The highest BCUT2D eigenvalue weighted by Crippen LogP contribution is 2.21. The molecule has 1 aromatic heterocycles. The molecule has 0 amide bonds. The molecule has 1 heterocycles. The van der Waals surface area contributed by atoms with Gasteiger partial charge in [0, 0.05) is 17.1 Å². The Bertz CT molecular complexity index is 710. The summed E-state index contributed by atoms with van der Waals surface area (Å²) in [5.41, 5.74) is 2.79. The van der Waals surface area contributed by atoms with E-state index in [0.717, 1.165) is 16.5 Å². The van der Waals surface area contributed by atoms with E-state index in [1.807, 2.05) is 67.7 Å². The summed E-state index contributed by atoms with van der Waals surface area (Å²) in [6.45, 7) is 2.02. The number of aromatic nitrogens is 1. The van der Waals surface area contributed by atoms with E-state index < -0.39 is 0 Å². The molecule has 2 nitrogen and oxygen atoms in total. The van der Waals surface area contributed by atoms with Gasteiger partial charge in [-0.25, -0.2) is 0 Å². The first kappa shape index (κ1) is 10.8. The van der Waals surface area contributed by atoms with Crippen LogP contribution in [0.4, 0.5) is 0 Å². The summed E-state index contributed by atoms with van der Waals surface area (Å²) in [5.74, 6) is 0.0138. The van der Waals surface area contributed by atoms with Crippen LogP contribution in [0.3, 0.4) is 0 Å². The molecule has 0 spiro atoms. The predicted octanol–water partition coefficient (Wildman–Crippen LogP) is 3.64. The van der Waals surface area contributed by atoms with Crippen LogP contribution in [-0.4, -0.2) is 10.5 Å². The predicted molar refractivity (Wildman–Crippen MR) is 72.8 cm³/mol. The molecule has 3 aromatic rings. The van der Waals surface area contributed by atoms with Crippen molar-refractivity contribution in [1.82, 2.24) is 4.57 Å². The number of carbonyl (C=O) groups excluding carboxylic acids is 1. The maximum Gasteiger partial charge on any atom is 0.262 e. The van der Waals surface area contributed by atoms with Gasteiger partial charge in [-0.1, -0.05) is 36.4 Å². The number of carbonyl (C=O) groups is 1. The van der Waals surface area contributed by atoms with Crippen molar-refractivity contribution in [2.75, 3.05) is 0 Å². The molecule has 0 bridgehead atoms. The fourth-order valence-corrected chi connectivity index (χ4v) is 2.24. The molecule has 3 rings (SSSR count). The minimum atomic E-state index is 0.0138. The van der Waals surface area contributed by atoms with Crippen molar-refractivity contribution in [3.8, 4) is 0 Å². The number of fused-ring (bicyclic) bond motifs is 1. The molecule has 0 unspecified atom stereocenters. The number of benzene rings is 2. The Hall–Kier alpha value is -2.35. The molecule has 0 radical (unpaired) electrons. The molecule has 2 heteroatoms. The van der Waals surface area contributed by atoms with E-state index >= 15 is 0 Å². The van der Waals surface area contributed by atoms with Crippen LogP contribution in [0.25, 0.3) is 10.9 Å². The molecule has 0 aliphatic carbocycles. The summed E-state index contributed by atoms with van der Waals surface area (Å²) in [7, 11) is 0. The van der Waals surface area contributed by atoms with Crippen molar-refractivity contribution in [3.63, 3.8) is 0 Å². The SMILES string of the molecule is Cc1cn(C(=O)c2ccccc2)c2ccccc12. The Morgan fingerprint density at radius 2 is 1.61 bits per heavy atom. The maximum absolute atomic E-state index is 12.4. The lowest BCUT2D eigenvalue weighted by Crippen LogP contribution is -2.10. The monoisotopic (exact) mass is 235 g/mol. The van der Waals surface area contributed by atoms with E-state index in [0.29, 0.717) is 5.56 Å². The maximum atomic E-state index is 12.4. The quantitative estimate of drug-likeness (QED) is 0.631. The molecular weight excluding hydrogens is 222 g/mol. The second-order valence-electron chi connectivity index (χ2n) is 4.37. The number of nitrogens with zero attached hydrogens (tertiary/aromatic N) is 1. The Kier molecular flexibility index (Phi) is 2.49. The second-order valence-corrected chi connectivity index (χ2v) is 4.37. The van der Waals surface area contributed by atoms with Crippen LogP contribution >= 0.6 is 0 Å². The molecule has 18 heavy (non-hydrogen) atoms. The van der Waals surface area contributed by atoms with Crippen LogP contribution in [0.2, 0.25) is 0 Å². The molecule has 88 valence electrons. The van der Waals surface area contributed by atoms with Crippen LogP contribution < -0.4 is 0 Å². The molecule has 0 aliphatic rings. The molecular formula is C16H13NO. The van der Waals surface area contributed by atoms with Crippen LogP contribution in [0.15, 0.2) is 60.8 Å². The molecule has 0 aliphatic heterocycles. The van der Waals surface area contributed by atoms with Gasteiger partial charge in [-0.2, -0.15) is 0 Å². The van der Waals surface area contributed by atoms with Crippen LogP contribution in [0, 0.1) is 6.92 Å². The third kappa shape index (κ3) is 1.63. The van der Waals surface area contributed by atoms with Gasteiger partial charge < -0.3 is 0 Å². The summed E-state index contributed by atoms with van der Waals surface area (Å²) in [4.78, 5) is 12.4. The fraction of sp³-hybridized carbons (Fsp3) is 0.0625. The molecule has 0 atom stereocenters. The van der Waals surface area contributed by atoms with Gasteiger partial charge in [0.15, 0.2) is 0 Å². The highest BCUT2D eigenvalue weighted by Gasteiger charge is 2.12. The highest BCUT2D eigenvalue weighted by atomic mass is 16.2. The second kappa shape index (κ2) is 4.15. The topological polar surface area (TPSA) is 22.0 Å². The average molecular weight is 235 g/mol. The van der Waals surface area contributed by atoms with E-state index in [-0.39, 0.29) is 5.91 Å². The number of hydrogen-bond acceptors (Lipinski definition) is 1. The molecule has 0 N–H and O–H groups in total. The first-order valence-corrected chi connectivity index (χ1v) is 5.94. The van der Waals surface area contributed by atoms with Crippen molar-refractivity contribution >= 4 is 16.8 Å². The number of aryl methyl sites for hydroxylation is 1.